The van der Waals surface area contributed by atoms with Gasteiger partial charge in [-0.1, -0.05) is 99.6 Å². The fourth-order valence-corrected chi connectivity index (χ4v) is 10.1. The van der Waals surface area contributed by atoms with Crippen molar-refractivity contribution in [2.24, 2.45) is 29.6 Å². The van der Waals surface area contributed by atoms with Crippen LogP contribution in [0.3, 0.4) is 0 Å². The molecule has 0 spiro atoms. The predicted octanol–water partition coefficient (Wildman–Crippen LogP) is 1.76. The number of aliphatic carboxylic acids is 1. The van der Waals surface area contributed by atoms with E-state index in [1.54, 1.807) is 44.3 Å². The van der Waals surface area contributed by atoms with Crippen LogP contribution in [0.25, 0.3) is 0 Å². The van der Waals surface area contributed by atoms with Gasteiger partial charge in [0.05, 0.1) is 19.1 Å². The number of carboxylic acids is 1. The van der Waals surface area contributed by atoms with E-state index in [0.717, 1.165) is 9.80 Å². The molecule has 0 bridgehead atoms. The standard InChI is InChI=1S/C66H113N13O14/c1-37(2)29-47(71-55(82)42(11)67-17)61(88)74(18)36-54(81)75(19)45(14)57(84)72-49(31-39(5)6)63(90)79(23)52(34-46-27-25-24-26-28-46)64(91)76(20)44(13)56(83)68-35-53(80)70-48(30-38(3)4)62(89)78(22)50(32-40(7)8)58(85)69-43(12)60(87)77(21)51(33-41(9)10)59(86)73-66(15,16)65(92)93/h24-28,37-45,47-52,67H,29-36H2,1-23H3,(H,68,83)(H,69,85)(H,70,80)(H,71,82)(H,72,84)(H,73,86)(H,92,93)/t42-,43-,44-,45-,47-,48-,49-,50-,51-,52-/m0/s1. The maximum absolute atomic E-state index is 14.7. The minimum atomic E-state index is -1.63. The van der Waals surface area contributed by atoms with Crippen LogP contribution in [-0.2, 0) is 68.7 Å². The number of nitrogens with zero attached hydrogens (tertiary/aromatic N) is 6. The van der Waals surface area contributed by atoms with Crippen molar-refractivity contribution in [2.45, 2.75) is 215 Å². The van der Waals surface area contributed by atoms with Crippen molar-refractivity contribution in [1.29, 1.82) is 0 Å². The van der Waals surface area contributed by atoms with Crippen molar-refractivity contribution in [1.82, 2.24) is 66.6 Å². The van der Waals surface area contributed by atoms with Crippen molar-refractivity contribution in [2.75, 3.05) is 62.4 Å². The van der Waals surface area contributed by atoms with E-state index >= 15 is 0 Å². The van der Waals surface area contributed by atoms with Crippen molar-refractivity contribution in [3.8, 4) is 0 Å². The largest absolute Gasteiger partial charge is 0.480 e. The number of nitrogens with one attached hydrogen (secondary N) is 7. The van der Waals surface area contributed by atoms with Gasteiger partial charge < -0.3 is 71.7 Å². The van der Waals surface area contributed by atoms with Gasteiger partial charge in [0.25, 0.3) is 0 Å². The zero-order chi connectivity index (χ0) is 71.8. The maximum atomic E-state index is 14.7. The molecule has 0 aliphatic rings. The highest BCUT2D eigenvalue weighted by molar-refractivity contribution is 5.99. The third kappa shape index (κ3) is 26.7. The highest BCUT2D eigenvalue weighted by Crippen LogP contribution is 2.20. The summed E-state index contributed by atoms with van der Waals surface area (Å²) in [6, 6.07) is -2.03. The first-order valence-corrected chi connectivity index (χ1v) is 32.2. The first-order valence-electron chi connectivity index (χ1n) is 32.2. The molecule has 27 heteroatoms. The average molecular weight is 1310 g/mol. The molecule has 0 radical (unpaired) electrons. The van der Waals surface area contributed by atoms with Gasteiger partial charge in [0.1, 0.15) is 59.9 Å². The number of amides is 12. The van der Waals surface area contributed by atoms with Gasteiger partial charge in [-0.2, -0.15) is 0 Å². The molecule has 12 amide bonds. The van der Waals surface area contributed by atoms with Crippen LogP contribution in [0.2, 0.25) is 0 Å². The van der Waals surface area contributed by atoms with Gasteiger partial charge in [0.2, 0.25) is 70.9 Å². The molecular formula is C66H113N13O14. The first-order chi connectivity index (χ1) is 42.9. The Balaban J connectivity index is 3.39. The van der Waals surface area contributed by atoms with E-state index in [0.29, 0.717) is 12.0 Å². The lowest BCUT2D eigenvalue weighted by molar-refractivity contribution is -0.149. The zero-order valence-corrected chi connectivity index (χ0v) is 59.6. The van der Waals surface area contributed by atoms with Crippen molar-refractivity contribution < 1.29 is 67.4 Å². The zero-order valence-electron chi connectivity index (χ0n) is 59.6. The molecule has 0 unspecified atom stereocenters. The van der Waals surface area contributed by atoms with Crippen LogP contribution in [0.5, 0.6) is 0 Å². The molecule has 526 valence electrons. The Labute approximate surface area is 552 Å². The summed E-state index contributed by atoms with van der Waals surface area (Å²) in [5.41, 5.74) is -0.965. The lowest BCUT2D eigenvalue weighted by Crippen LogP contribution is -2.60. The van der Waals surface area contributed by atoms with Crippen molar-refractivity contribution >= 4 is 76.9 Å². The van der Waals surface area contributed by atoms with E-state index < -0.39 is 150 Å². The number of likely N-dealkylation sites (N-methyl/N-ethyl adjacent to an activating group) is 7. The Morgan fingerprint density at radius 3 is 1.32 bits per heavy atom. The third-order valence-electron chi connectivity index (χ3n) is 16.3. The quantitative estimate of drug-likeness (QED) is 0.0468. The van der Waals surface area contributed by atoms with Crippen LogP contribution in [-0.4, -0.2) is 240 Å². The maximum Gasteiger partial charge on any atom is 0.328 e. The van der Waals surface area contributed by atoms with Crippen LogP contribution >= 0.6 is 0 Å². The van der Waals surface area contributed by atoms with Crippen LogP contribution in [0, 0.1) is 29.6 Å². The molecule has 10 atom stereocenters. The molecule has 1 aromatic carbocycles. The van der Waals surface area contributed by atoms with E-state index in [-0.39, 0.29) is 67.6 Å². The number of rotatable bonds is 38. The van der Waals surface area contributed by atoms with E-state index in [1.165, 1.54) is 96.5 Å². The van der Waals surface area contributed by atoms with E-state index in [1.807, 2.05) is 69.2 Å². The van der Waals surface area contributed by atoms with Gasteiger partial charge in [0, 0.05) is 48.7 Å². The molecule has 0 aliphatic carbocycles. The molecule has 1 rings (SSSR count). The molecule has 0 saturated carbocycles. The summed E-state index contributed by atoms with van der Waals surface area (Å²) in [5.74, 6) is -9.38. The van der Waals surface area contributed by atoms with Crippen LogP contribution < -0.4 is 37.2 Å². The Kier molecular flexibility index (Phi) is 34.5. The number of carboxylic acid groups (broad SMARTS) is 1. The Hall–Kier alpha value is -7.71. The summed E-state index contributed by atoms with van der Waals surface area (Å²) in [6.07, 6.45) is 0.891. The second-order valence-corrected chi connectivity index (χ2v) is 27.4. The number of hydrogen-bond acceptors (Lipinski definition) is 14. The topological polar surface area (TPSA) is 346 Å². The lowest BCUT2D eigenvalue weighted by atomic mass is 9.98. The Morgan fingerprint density at radius 1 is 0.441 bits per heavy atom. The predicted molar refractivity (Wildman–Crippen MR) is 354 cm³/mol. The summed E-state index contributed by atoms with van der Waals surface area (Å²) in [7, 11) is 10.0. The monoisotopic (exact) mass is 1310 g/mol. The lowest BCUT2D eigenvalue weighted by Gasteiger charge is -2.36. The summed E-state index contributed by atoms with van der Waals surface area (Å²) in [6.45, 7) is 26.1. The van der Waals surface area contributed by atoms with Gasteiger partial charge in [-0.05, 0) is 116 Å². The van der Waals surface area contributed by atoms with Gasteiger partial charge in [0.15, 0.2) is 0 Å². The van der Waals surface area contributed by atoms with Crippen molar-refractivity contribution in [3.05, 3.63) is 35.9 Å². The van der Waals surface area contributed by atoms with Crippen molar-refractivity contribution in [3.63, 3.8) is 0 Å². The van der Waals surface area contributed by atoms with Gasteiger partial charge in [-0.25, -0.2) is 4.79 Å². The smallest absolute Gasteiger partial charge is 0.328 e. The first kappa shape index (κ1) is 83.3. The average Bonchev–Trinajstić information content (AvgIpc) is 0.953. The molecule has 8 N–H and O–H groups in total. The fourth-order valence-electron chi connectivity index (χ4n) is 10.1. The number of carbonyl (C=O) groups is 13. The SMILES string of the molecule is CN[C@@H](C)C(=O)N[C@@H](CC(C)C)C(=O)N(C)CC(=O)N(C)[C@@H](C)C(=O)N[C@@H](CC(C)C)C(=O)N(C)[C@@H](Cc1ccccc1)C(=O)N(C)[C@@H](C)C(=O)NCC(=O)N[C@@H](CC(C)C)C(=O)N(C)[C@@H](CC(C)C)C(=O)N[C@@H](C)C(=O)N(C)[C@@H](CC(C)C)C(=O)NC(C)(C)C(=O)O. The molecule has 0 aliphatic heterocycles. The van der Waals surface area contributed by atoms with Crippen LogP contribution in [0.1, 0.15) is 148 Å². The molecule has 1 aromatic rings. The van der Waals surface area contributed by atoms with Gasteiger partial charge in [-0.15, -0.1) is 0 Å². The Bertz CT molecular complexity index is 2720. The molecule has 27 nitrogen and oxygen atoms in total. The third-order valence-corrected chi connectivity index (χ3v) is 16.3. The Morgan fingerprint density at radius 2 is 0.860 bits per heavy atom. The molecule has 93 heavy (non-hydrogen) atoms. The normalized spacial score (nSPS) is 14.8. The number of carbonyl (C=O) groups excluding carboxylic acids is 12. The second kappa shape index (κ2) is 38.5. The summed E-state index contributed by atoms with van der Waals surface area (Å²) >= 11 is 0. The summed E-state index contributed by atoms with van der Waals surface area (Å²) in [5, 5.41) is 28.5. The van der Waals surface area contributed by atoms with Gasteiger partial charge >= 0.3 is 5.97 Å². The van der Waals surface area contributed by atoms with Gasteiger partial charge in [-0.3, -0.25) is 57.5 Å². The molecule has 0 fully saturated rings. The van der Waals surface area contributed by atoms with Crippen LogP contribution in [0.15, 0.2) is 30.3 Å². The minimum Gasteiger partial charge on any atom is -0.480 e. The molecule has 0 saturated heterocycles. The summed E-state index contributed by atoms with van der Waals surface area (Å²) in [4.78, 5) is 186. The highest BCUT2D eigenvalue weighted by atomic mass is 16.4. The highest BCUT2D eigenvalue weighted by Gasteiger charge is 2.41. The fraction of sp³-hybridized carbons (Fsp3) is 0.712. The molecular weight excluding hydrogens is 1200 g/mol. The molecule has 0 heterocycles. The summed E-state index contributed by atoms with van der Waals surface area (Å²) < 4.78 is 0. The number of benzene rings is 1. The van der Waals surface area contributed by atoms with Crippen LogP contribution in [0.4, 0.5) is 0 Å². The minimum absolute atomic E-state index is 0.00933. The second-order valence-electron chi connectivity index (χ2n) is 27.4. The number of hydrogen-bond donors (Lipinski definition) is 8. The van der Waals surface area contributed by atoms with E-state index in [9.17, 15) is 67.4 Å². The van der Waals surface area contributed by atoms with E-state index in [4.69, 9.17) is 0 Å². The van der Waals surface area contributed by atoms with E-state index in [2.05, 4.69) is 37.2 Å². The molecule has 0 aromatic heterocycles.